The molecule has 140 valence electrons. The maximum Gasteiger partial charge on any atom is 0.291 e. The molecule has 0 aliphatic heterocycles. The molecule has 0 unspecified atom stereocenters. The van der Waals surface area contributed by atoms with Crippen molar-refractivity contribution in [3.63, 3.8) is 0 Å². The Morgan fingerprint density at radius 3 is 2.79 bits per heavy atom. The minimum absolute atomic E-state index is 0.0751. The van der Waals surface area contributed by atoms with Crippen LogP contribution in [0.4, 0.5) is 14.5 Å². The molecule has 28 heavy (non-hydrogen) atoms. The molecule has 1 N–H and O–H groups in total. The van der Waals surface area contributed by atoms with Crippen LogP contribution in [-0.4, -0.2) is 10.9 Å². The zero-order chi connectivity index (χ0) is 19.5. The lowest BCUT2D eigenvalue weighted by Crippen LogP contribution is -2.11. The van der Waals surface area contributed by atoms with Gasteiger partial charge in [0.25, 0.3) is 5.91 Å². The lowest BCUT2D eigenvalue weighted by atomic mass is 10.2. The number of furan rings is 1. The first kappa shape index (κ1) is 17.7. The van der Waals surface area contributed by atoms with Crippen molar-refractivity contribution in [2.24, 2.45) is 0 Å². The quantitative estimate of drug-likeness (QED) is 0.533. The number of halogens is 2. The normalized spacial score (nSPS) is 10.8. The summed E-state index contributed by atoms with van der Waals surface area (Å²) < 4.78 is 37.2. The number of carbonyl (C=O) groups is 1. The molecular formula is C21H14F2N2O3. The third kappa shape index (κ3) is 3.68. The topological polar surface area (TPSA) is 64.4 Å². The van der Waals surface area contributed by atoms with E-state index in [1.807, 2.05) is 24.3 Å². The van der Waals surface area contributed by atoms with Crippen LogP contribution in [0.5, 0.6) is 5.75 Å². The summed E-state index contributed by atoms with van der Waals surface area (Å²) in [6.07, 6.45) is 1.65. The van der Waals surface area contributed by atoms with E-state index in [2.05, 4.69) is 10.3 Å². The summed E-state index contributed by atoms with van der Waals surface area (Å²) in [7, 11) is 0. The van der Waals surface area contributed by atoms with E-state index in [0.717, 1.165) is 17.5 Å². The molecule has 4 rings (SSSR count). The zero-order valence-electron chi connectivity index (χ0n) is 14.5. The largest absolute Gasteiger partial charge is 0.483 e. The minimum Gasteiger partial charge on any atom is -0.483 e. The fourth-order valence-electron chi connectivity index (χ4n) is 2.71. The third-order valence-corrected chi connectivity index (χ3v) is 4.03. The molecule has 5 nitrogen and oxygen atoms in total. The fraction of sp³-hybridized carbons (Fsp3) is 0.0476. The molecule has 2 heterocycles. The van der Waals surface area contributed by atoms with Crippen LogP contribution in [0.1, 0.15) is 16.3 Å². The number of nitrogens with zero attached hydrogens (tertiary/aromatic N) is 1. The smallest absolute Gasteiger partial charge is 0.291 e. The van der Waals surface area contributed by atoms with E-state index in [1.165, 1.54) is 12.1 Å². The number of aromatic nitrogens is 1. The van der Waals surface area contributed by atoms with E-state index in [4.69, 9.17) is 9.15 Å². The highest BCUT2D eigenvalue weighted by Gasteiger charge is 2.14. The number of fused-ring (bicyclic) bond motifs is 1. The number of para-hydroxylation sites is 1. The molecule has 0 atom stereocenters. The highest BCUT2D eigenvalue weighted by Crippen LogP contribution is 2.22. The number of pyridine rings is 1. The first-order valence-corrected chi connectivity index (χ1v) is 8.42. The van der Waals surface area contributed by atoms with Gasteiger partial charge in [-0.2, -0.15) is 0 Å². The maximum atomic E-state index is 13.6. The summed E-state index contributed by atoms with van der Waals surface area (Å²) in [6.45, 7) is -0.106. The molecule has 0 saturated carbocycles. The number of carbonyl (C=O) groups excluding carboxylic acids is 1. The van der Waals surface area contributed by atoms with E-state index in [9.17, 15) is 13.6 Å². The van der Waals surface area contributed by atoms with Crippen LogP contribution < -0.4 is 10.1 Å². The number of rotatable bonds is 5. The maximum absolute atomic E-state index is 13.6. The van der Waals surface area contributed by atoms with Gasteiger partial charge in [0.05, 0.1) is 11.2 Å². The number of hydrogen-bond donors (Lipinski definition) is 1. The number of hydrogen-bond acceptors (Lipinski definition) is 4. The molecule has 1 amide bonds. The Labute approximate surface area is 158 Å². The second kappa shape index (κ2) is 7.48. The molecule has 2 aromatic carbocycles. The van der Waals surface area contributed by atoms with E-state index >= 15 is 0 Å². The van der Waals surface area contributed by atoms with Crippen LogP contribution in [0.2, 0.25) is 0 Å². The van der Waals surface area contributed by atoms with Crippen molar-refractivity contribution in [3.05, 3.63) is 90.0 Å². The first-order chi connectivity index (χ1) is 13.6. The van der Waals surface area contributed by atoms with Gasteiger partial charge in [-0.05, 0) is 36.4 Å². The second-order valence-electron chi connectivity index (χ2n) is 5.96. The average Bonchev–Trinajstić information content (AvgIpc) is 3.17. The highest BCUT2D eigenvalue weighted by atomic mass is 19.1. The van der Waals surface area contributed by atoms with Crippen molar-refractivity contribution in [2.75, 3.05) is 5.32 Å². The Bertz CT molecular complexity index is 1150. The van der Waals surface area contributed by atoms with Gasteiger partial charge >= 0.3 is 0 Å². The van der Waals surface area contributed by atoms with Crippen molar-refractivity contribution >= 4 is 22.5 Å². The zero-order valence-corrected chi connectivity index (χ0v) is 14.5. The molecule has 0 aliphatic rings. The van der Waals surface area contributed by atoms with Gasteiger partial charge in [-0.1, -0.05) is 18.2 Å². The van der Waals surface area contributed by atoms with Crippen LogP contribution in [0.15, 0.2) is 71.3 Å². The molecule has 0 saturated heterocycles. The van der Waals surface area contributed by atoms with Crippen LogP contribution in [0.25, 0.3) is 10.9 Å². The molecule has 0 spiro atoms. The first-order valence-electron chi connectivity index (χ1n) is 8.42. The van der Waals surface area contributed by atoms with Crippen LogP contribution in [0.3, 0.4) is 0 Å². The Morgan fingerprint density at radius 2 is 1.93 bits per heavy atom. The van der Waals surface area contributed by atoms with Crippen LogP contribution >= 0.6 is 0 Å². The summed E-state index contributed by atoms with van der Waals surface area (Å²) in [5.74, 6) is -1.66. The third-order valence-electron chi connectivity index (χ3n) is 4.03. The molecule has 0 radical (unpaired) electrons. The van der Waals surface area contributed by atoms with Crippen molar-refractivity contribution in [3.8, 4) is 5.75 Å². The number of anilines is 1. The van der Waals surface area contributed by atoms with Crippen LogP contribution in [-0.2, 0) is 6.61 Å². The molecule has 7 heteroatoms. The Balaban J connectivity index is 1.45. The van der Waals surface area contributed by atoms with Crippen molar-refractivity contribution in [2.45, 2.75) is 6.61 Å². The predicted molar refractivity (Wildman–Crippen MR) is 99.1 cm³/mol. The van der Waals surface area contributed by atoms with Gasteiger partial charge < -0.3 is 14.5 Å². The number of amides is 1. The van der Waals surface area contributed by atoms with Gasteiger partial charge in [0.1, 0.15) is 18.2 Å². The molecule has 2 aromatic heterocycles. The monoisotopic (exact) mass is 380 g/mol. The van der Waals surface area contributed by atoms with Crippen LogP contribution in [0, 0.1) is 11.6 Å². The molecule has 4 aromatic rings. The van der Waals surface area contributed by atoms with Gasteiger partial charge in [0.15, 0.2) is 17.3 Å². The van der Waals surface area contributed by atoms with E-state index in [1.54, 1.807) is 18.3 Å². The Kier molecular flexibility index (Phi) is 4.72. The minimum atomic E-state index is -0.812. The fourth-order valence-corrected chi connectivity index (χ4v) is 2.71. The van der Waals surface area contributed by atoms with Gasteiger partial charge in [-0.15, -0.1) is 0 Å². The summed E-state index contributed by atoms with van der Waals surface area (Å²) >= 11 is 0. The van der Waals surface area contributed by atoms with Crippen molar-refractivity contribution in [1.29, 1.82) is 0 Å². The average molecular weight is 380 g/mol. The van der Waals surface area contributed by atoms with Gasteiger partial charge in [0, 0.05) is 17.6 Å². The summed E-state index contributed by atoms with van der Waals surface area (Å²) in [6, 6.07) is 15.2. The number of benzene rings is 2. The number of ether oxygens (including phenoxy) is 1. The lowest BCUT2D eigenvalue weighted by molar-refractivity contribution is 0.0992. The van der Waals surface area contributed by atoms with Gasteiger partial charge in [-0.3, -0.25) is 9.78 Å². The summed E-state index contributed by atoms with van der Waals surface area (Å²) in [5.41, 5.74) is 1.23. The summed E-state index contributed by atoms with van der Waals surface area (Å²) in [4.78, 5) is 16.7. The Hall–Kier alpha value is -3.74. The van der Waals surface area contributed by atoms with E-state index in [-0.39, 0.29) is 18.1 Å². The van der Waals surface area contributed by atoms with Crippen molar-refractivity contribution in [1.82, 2.24) is 4.98 Å². The second-order valence-corrected chi connectivity index (χ2v) is 5.96. The molecule has 0 bridgehead atoms. The SMILES string of the molecule is O=C(Nc1cccc2cccnc12)c1ccc(COc2ccc(F)cc2F)o1. The standard InChI is InChI=1S/C21H14F2N2O3/c22-14-6-8-18(16(23)11-14)27-12-15-7-9-19(28-15)21(26)25-17-5-1-3-13-4-2-10-24-20(13)17/h1-11H,12H2,(H,25,26). The molecule has 0 fully saturated rings. The number of nitrogens with one attached hydrogen (secondary N) is 1. The van der Waals surface area contributed by atoms with E-state index in [0.29, 0.717) is 17.0 Å². The van der Waals surface area contributed by atoms with Gasteiger partial charge in [0.2, 0.25) is 0 Å². The van der Waals surface area contributed by atoms with E-state index < -0.39 is 17.5 Å². The van der Waals surface area contributed by atoms with Gasteiger partial charge in [-0.25, -0.2) is 8.78 Å². The predicted octanol–water partition coefficient (Wildman–Crippen LogP) is 4.94. The molecular weight excluding hydrogens is 366 g/mol. The lowest BCUT2D eigenvalue weighted by Gasteiger charge is -2.07. The Morgan fingerprint density at radius 1 is 1.07 bits per heavy atom. The van der Waals surface area contributed by atoms with Crippen molar-refractivity contribution < 1.29 is 22.7 Å². The molecule has 0 aliphatic carbocycles. The highest BCUT2D eigenvalue weighted by molar-refractivity contribution is 6.06. The summed E-state index contributed by atoms with van der Waals surface area (Å²) in [5, 5.41) is 3.66.